The third kappa shape index (κ3) is 2.10. The summed E-state index contributed by atoms with van der Waals surface area (Å²) in [5.41, 5.74) is 3.34. The number of nitrogens with zero attached hydrogens (tertiary/aromatic N) is 4. The molecule has 21 heavy (non-hydrogen) atoms. The van der Waals surface area contributed by atoms with E-state index in [-0.39, 0.29) is 0 Å². The molecular formula is C16H9ClN4. The molecule has 0 aliphatic rings. The van der Waals surface area contributed by atoms with Crippen molar-refractivity contribution < 1.29 is 0 Å². The number of hydrogen-bond acceptors (Lipinski definition) is 4. The van der Waals surface area contributed by atoms with Gasteiger partial charge in [0.05, 0.1) is 11.0 Å². The van der Waals surface area contributed by atoms with E-state index in [4.69, 9.17) is 11.6 Å². The fourth-order valence-corrected chi connectivity index (χ4v) is 2.40. The van der Waals surface area contributed by atoms with Gasteiger partial charge >= 0.3 is 0 Å². The molecule has 5 heteroatoms. The number of pyridine rings is 1. The Kier molecular flexibility index (Phi) is 2.75. The van der Waals surface area contributed by atoms with E-state index < -0.39 is 0 Å². The first-order chi connectivity index (χ1) is 10.3. The van der Waals surface area contributed by atoms with E-state index in [1.165, 1.54) is 0 Å². The van der Waals surface area contributed by atoms with Crippen molar-refractivity contribution in [2.75, 3.05) is 0 Å². The zero-order valence-corrected chi connectivity index (χ0v) is 11.6. The van der Waals surface area contributed by atoms with Gasteiger partial charge < -0.3 is 0 Å². The molecule has 0 spiro atoms. The number of fused-ring (bicyclic) bond motifs is 3. The van der Waals surface area contributed by atoms with E-state index in [1.54, 1.807) is 6.20 Å². The minimum Gasteiger partial charge on any atom is -0.256 e. The summed E-state index contributed by atoms with van der Waals surface area (Å²) in [7, 11) is 0. The Bertz CT molecular complexity index is 951. The van der Waals surface area contributed by atoms with Gasteiger partial charge in [-0.1, -0.05) is 11.6 Å². The molecule has 0 atom stereocenters. The predicted octanol–water partition coefficient (Wildman–Crippen LogP) is 3.89. The van der Waals surface area contributed by atoms with Crippen molar-refractivity contribution in [2.45, 2.75) is 0 Å². The average molecular weight is 293 g/mol. The Hall–Kier alpha value is -2.59. The maximum atomic E-state index is 5.90. The highest BCUT2D eigenvalue weighted by Crippen LogP contribution is 2.23. The number of benzene rings is 2. The Morgan fingerprint density at radius 1 is 0.810 bits per heavy atom. The third-order valence-electron chi connectivity index (χ3n) is 3.31. The van der Waals surface area contributed by atoms with Crippen molar-refractivity contribution >= 4 is 33.5 Å². The lowest BCUT2D eigenvalue weighted by atomic mass is 10.1. The minimum absolute atomic E-state index is 0.586. The summed E-state index contributed by atoms with van der Waals surface area (Å²) in [6, 6.07) is 15.1. The molecule has 0 amide bonds. The van der Waals surface area contributed by atoms with E-state index in [1.807, 2.05) is 48.5 Å². The summed E-state index contributed by atoms with van der Waals surface area (Å²) >= 11 is 5.90. The van der Waals surface area contributed by atoms with Gasteiger partial charge in [-0.2, -0.15) is 0 Å². The van der Waals surface area contributed by atoms with Crippen LogP contribution < -0.4 is 0 Å². The van der Waals surface area contributed by atoms with Gasteiger partial charge in [0.1, 0.15) is 5.52 Å². The summed E-state index contributed by atoms with van der Waals surface area (Å²) in [5.74, 6) is 0.586. The second-order valence-electron chi connectivity index (χ2n) is 4.65. The van der Waals surface area contributed by atoms with Crippen molar-refractivity contribution in [3.05, 3.63) is 59.8 Å². The first kappa shape index (κ1) is 12.2. The van der Waals surface area contributed by atoms with Crippen molar-refractivity contribution in [3.63, 3.8) is 0 Å². The fourth-order valence-electron chi connectivity index (χ4n) is 2.28. The van der Waals surface area contributed by atoms with Crippen LogP contribution in [0.1, 0.15) is 0 Å². The highest BCUT2D eigenvalue weighted by molar-refractivity contribution is 6.30. The molecule has 2 aromatic heterocycles. The molecule has 0 unspecified atom stereocenters. The van der Waals surface area contributed by atoms with Crippen LogP contribution in [0, 0.1) is 0 Å². The number of hydrogen-bond donors (Lipinski definition) is 0. The lowest BCUT2D eigenvalue weighted by Gasteiger charge is -2.03. The van der Waals surface area contributed by atoms with E-state index in [2.05, 4.69) is 20.2 Å². The van der Waals surface area contributed by atoms with Crippen LogP contribution >= 0.6 is 11.6 Å². The van der Waals surface area contributed by atoms with Gasteiger partial charge in [-0.3, -0.25) is 4.98 Å². The molecule has 0 bridgehead atoms. The average Bonchev–Trinajstić information content (AvgIpc) is 2.55. The van der Waals surface area contributed by atoms with Crippen LogP contribution in [-0.4, -0.2) is 20.2 Å². The van der Waals surface area contributed by atoms with Crippen LogP contribution in [0.5, 0.6) is 0 Å². The molecule has 0 saturated heterocycles. The second-order valence-corrected chi connectivity index (χ2v) is 5.08. The molecule has 4 rings (SSSR count). The third-order valence-corrected chi connectivity index (χ3v) is 3.56. The standard InChI is InChI=1S/C16H9ClN4/c17-11-5-3-10(4-6-11)16-19-14-8-7-13-12(2-1-9-18-13)15(14)20-21-16/h1-9H. The topological polar surface area (TPSA) is 51.6 Å². The zero-order chi connectivity index (χ0) is 14.2. The molecule has 0 fully saturated rings. The van der Waals surface area contributed by atoms with Crippen molar-refractivity contribution in [2.24, 2.45) is 0 Å². The Morgan fingerprint density at radius 3 is 2.48 bits per heavy atom. The van der Waals surface area contributed by atoms with Gasteiger partial charge in [0.25, 0.3) is 0 Å². The Morgan fingerprint density at radius 2 is 1.62 bits per heavy atom. The highest BCUT2D eigenvalue weighted by atomic mass is 35.5. The zero-order valence-electron chi connectivity index (χ0n) is 10.9. The monoisotopic (exact) mass is 292 g/mol. The van der Waals surface area contributed by atoms with Crippen LogP contribution in [-0.2, 0) is 0 Å². The number of halogens is 1. The van der Waals surface area contributed by atoms with Crippen LogP contribution in [0.25, 0.3) is 33.3 Å². The normalized spacial score (nSPS) is 11.1. The van der Waals surface area contributed by atoms with Crippen molar-refractivity contribution in [1.29, 1.82) is 0 Å². The summed E-state index contributed by atoms with van der Waals surface area (Å²) in [6.07, 6.45) is 1.76. The molecule has 0 saturated carbocycles. The SMILES string of the molecule is Clc1ccc(-c2nnc3c(ccc4ncccc43)n2)cc1. The maximum Gasteiger partial charge on any atom is 0.182 e. The molecule has 0 N–H and O–H groups in total. The molecule has 0 aliphatic carbocycles. The lowest BCUT2D eigenvalue weighted by molar-refractivity contribution is 1.04. The molecule has 4 aromatic rings. The summed E-state index contributed by atoms with van der Waals surface area (Å²) < 4.78 is 0. The van der Waals surface area contributed by atoms with Gasteiger partial charge in [0.2, 0.25) is 0 Å². The second kappa shape index (κ2) is 4.75. The van der Waals surface area contributed by atoms with Gasteiger partial charge in [-0.05, 0) is 48.5 Å². The molecule has 0 radical (unpaired) electrons. The number of rotatable bonds is 1. The Balaban J connectivity index is 1.94. The lowest BCUT2D eigenvalue weighted by Crippen LogP contribution is -1.95. The highest BCUT2D eigenvalue weighted by Gasteiger charge is 2.07. The first-order valence-corrected chi connectivity index (χ1v) is 6.83. The summed E-state index contributed by atoms with van der Waals surface area (Å²) in [5, 5.41) is 10.2. The summed E-state index contributed by atoms with van der Waals surface area (Å²) in [4.78, 5) is 8.89. The largest absolute Gasteiger partial charge is 0.256 e. The van der Waals surface area contributed by atoms with Crippen LogP contribution in [0.2, 0.25) is 5.02 Å². The molecule has 4 nitrogen and oxygen atoms in total. The van der Waals surface area contributed by atoms with E-state index in [0.29, 0.717) is 10.8 Å². The van der Waals surface area contributed by atoms with Crippen molar-refractivity contribution in [1.82, 2.24) is 20.2 Å². The Labute approximate surface area is 125 Å². The van der Waals surface area contributed by atoms with Crippen molar-refractivity contribution in [3.8, 4) is 11.4 Å². The molecule has 2 heterocycles. The minimum atomic E-state index is 0.586. The van der Waals surface area contributed by atoms with Gasteiger partial charge in [-0.25, -0.2) is 4.98 Å². The van der Waals surface area contributed by atoms with E-state index in [0.717, 1.165) is 27.5 Å². The van der Waals surface area contributed by atoms with Gasteiger partial charge in [0, 0.05) is 22.2 Å². The fraction of sp³-hybridized carbons (Fsp3) is 0. The maximum absolute atomic E-state index is 5.90. The quantitative estimate of drug-likeness (QED) is 0.499. The molecular weight excluding hydrogens is 284 g/mol. The first-order valence-electron chi connectivity index (χ1n) is 6.45. The van der Waals surface area contributed by atoms with Crippen LogP contribution in [0.4, 0.5) is 0 Å². The molecule has 0 aliphatic heterocycles. The van der Waals surface area contributed by atoms with Crippen LogP contribution in [0.15, 0.2) is 54.7 Å². The van der Waals surface area contributed by atoms with Crippen LogP contribution in [0.3, 0.4) is 0 Å². The van der Waals surface area contributed by atoms with Gasteiger partial charge in [-0.15, -0.1) is 10.2 Å². The van der Waals surface area contributed by atoms with Gasteiger partial charge in [0.15, 0.2) is 5.82 Å². The number of aromatic nitrogens is 4. The van der Waals surface area contributed by atoms with E-state index in [9.17, 15) is 0 Å². The smallest absolute Gasteiger partial charge is 0.182 e. The molecule has 2 aromatic carbocycles. The predicted molar refractivity (Wildman–Crippen MR) is 83.1 cm³/mol. The molecule has 100 valence electrons. The summed E-state index contributed by atoms with van der Waals surface area (Å²) in [6.45, 7) is 0. The van der Waals surface area contributed by atoms with E-state index >= 15 is 0 Å².